The summed E-state index contributed by atoms with van der Waals surface area (Å²) in [4.78, 5) is 11.3. The first-order valence-corrected chi connectivity index (χ1v) is 7.17. The van der Waals surface area contributed by atoms with E-state index in [4.69, 9.17) is 5.73 Å². The minimum absolute atomic E-state index is 0.0734. The first kappa shape index (κ1) is 13.7. The van der Waals surface area contributed by atoms with Crippen LogP contribution in [0.5, 0.6) is 0 Å². The smallest absolute Gasteiger partial charge is 0.239 e. The lowest BCUT2D eigenvalue weighted by molar-refractivity contribution is -0.113. The number of amides is 1. The Morgan fingerprint density at radius 1 is 1.35 bits per heavy atom. The molecule has 1 aromatic rings. The van der Waals surface area contributed by atoms with E-state index in [2.05, 4.69) is 5.32 Å². The first-order chi connectivity index (χ1) is 7.78. The zero-order valence-corrected chi connectivity index (χ0v) is 10.6. The summed E-state index contributed by atoms with van der Waals surface area (Å²) in [5.74, 6) is -1.05. The number of hydrogen-bond donors (Lipinski definition) is 2. The molecule has 1 aromatic carbocycles. The van der Waals surface area contributed by atoms with Gasteiger partial charge >= 0.3 is 0 Å². The topological polar surface area (TPSA) is 89.3 Å². The van der Waals surface area contributed by atoms with Crippen molar-refractivity contribution in [3.05, 3.63) is 29.8 Å². The van der Waals surface area contributed by atoms with Crippen molar-refractivity contribution in [1.29, 1.82) is 0 Å². The molecule has 0 aliphatic carbocycles. The third-order valence-corrected chi connectivity index (χ3v) is 2.90. The molecule has 17 heavy (non-hydrogen) atoms. The van der Waals surface area contributed by atoms with Crippen LogP contribution in [-0.2, 0) is 14.6 Å². The summed E-state index contributed by atoms with van der Waals surface area (Å²) in [6, 6.07) is 6.90. The quantitative estimate of drug-likeness (QED) is 0.829. The Hall–Kier alpha value is -1.40. The average Bonchev–Trinajstić information content (AvgIpc) is 2.15. The van der Waals surface area contributed by atoms with Gasteiger partial charge in [0.05, 0.1) is 0 Å². The summed E-state index contributed by atoms with van der Waals surface area (Å²) in [7, 11) is -3.30. The fourth-order valence-electron chi connectivity index (χ4n) is 1.31. The Labute approximate surface area is 101 Å². The van der Waals surface area contributed by atoms with Crippen molar-refractivity contribution in [2.75, 3.05) is 17.3 Å². The number of sulfone groups is 1. The predicted molar refractivity (Wildman–Crippen MR) is 67.4 cm³/mol. The number of hydrogen-bond acceptors (Lipinski definition) is 4. The van der Waals surface area contributed by atoms with Crippen molar-refractivity contribution in [2.45, 2.75) is 13.0 Å². The van der Waals surface area contributed by atoms with Crippen LogP contribution >= 0.6 is 0 Å². The Balaban J connectivity index is 2.67. The summed E-state index contributed by atoms with van der Waals surface area (Å²) in [6.07, 6.45) is 1.02. The van der Waals surface area contributed by atoms with E-state index in [1.165, 1.54) is 0 Å². The van der Waals surface area contributed by atoms with E-state index >= 15 is 0 Å². The molecule has 0 radical (unpaired) electrons. The molecule has 1 amide bonds. The van der Waals surface area contributed by atoms with Gasteiger partial charge in [0.2, 0.25) is 5.91 Å². The van der Waals surface area contributed by atoms with Gasteiger partial charge in [0, 0.05) is 18.0 Å². The summed E-state index contributed by atoms with van der Waals surface area (Å²) < 4.78 is 21.8. The lowest BCUT2D eigenvalue weighted by Gasteiger charge is -2.08. The second kappa shape index (κ2) is 5.29. The van der Waals surface area contributed by atoms with Gasteiger partial charge in [0.25, 0.3) is 0 Å². The molecule has 0 aliphatic heterocycles. The van der Waals surface area contributed by atoms with Crippen LogP contribution in [-0.4, -0.2) is 26.3 Å². The zero-order chi connectivity index (χ0) is 13.1. The highest BCUT2D eigenvalue weighted by molar-refractivity contribution is 7.91. The number of anilines is 1. The van der Waals surface area contributed by atoms with Crippen LogP contribution in [0.4, 0.5) is 5.69 Å². The van der Waals surface area contributed by atoms with E-state index < -0.39 is 21.5 Å². The summed E-state index contributed by atoms with van der Waals surface area (Å²) in [5, 5.41) is 2.51. The third-order valence-electron chi connectivity index (χ3n) is 2.11. The molecule has 0 aliphatic rings. The fraction of sp³-hybridized carbons (Fsp3) is 0.364. The number of nitrogens with one attached hydrogen (secondary N) is 1. The van der Waals surface area contributed by atoms with Crippen LogP contribution in [0.3, 0.4) is 0 Å². The van der Waals surface area contributed by atoms with Gasteiger partial charge in [-0.15, -0.1) is 0 Å². The van der Waals surface area contributed by atoms with Crippen molar-refractivity contribution < 1.29 is 13.2 Å². The highest BCUT2D eigenvalue weighted by Gasteiger charge is 2.10. The van der Waals surface area contributed by atoms with Crippen LogP contribution in [0.1, 0.15) is 18.5 Å². The maximum absolute atomic E-state index is 11.3. The van der Waals surface area contributed by atoms with Gasteiger partial charge in [-0.3, -0.25) is 4.79 Å². The van der Waals surface area contributed by atoms with E-state index in [0.29, 0.717) is 5.69 Å². The van der Waals surface area contributed by atoms with Crippen molar-refractivity contribution >= 4 is 21.4 Å². The molecule has 3 N–H and O–H groups in total. The molecule has 0 spiro atoms. The molecule has 1 rings (SSSR count). The molecule has 0 fully saturated rings. The van der Waals surface area contributed by atoms with Crippen LogP contribution in [0.15, 0.2) is 24.3 Å². The summed E-state index contributed by atoms with van der Waals surface area (Å²) >= 11 is 0. The van der Waals surface area contributed by atoms with E-state index in [1.54, 1.807) is 24.3 Å². The van der Waals surface area contributed by atoms with Gasteiger partial charge in [0.1, 0.15) is 5.75 Å². The zero-order valence-electron chi connectivity index (χ0n) is 9.80. The van der Waals surface area contributed by atoms with Gasteiger partial charge in [-0.05, 0) is 24.6 Å². The van der Waals surface area contributed by atoms with Crippen molar-refractivity contribution in [3.8, 4) is 0 Å². The van der Waals surface area contributed by atoms with Crippen LogP contribution < -0.4 is 11.1 Å². The normalized spacial score (nSPS) is 13.1. The Morgan fingerprint density at radius 2 is 1.88 bits per heavy atom. The highest BCUT2D eigenvalue weighted by Crippen LogP contribution is 2.14. The fourth-order valence-corrected chi connectivity index (χ4v) is 1.85. The lowest BCUT2D eigenvalue weighted by Crippen LogP contribution is -2.21. The van der Waals surface area contributed by atoms with Crippen LogP contribution in [0, 0.1) is 0 Å². The molecule has 1 atom stereocenters. The Morgan fingerprint density at radius 3 is 2.29 bits per heavy atom. The molecule has 6 heteroatoms. The molecular weight excluding hydrogens is 240 g/mol. The SMILES string of the molecule is CC(N)c1ccc(NC(=O)CS(C)(=O)=O)cc1. The minimum Gasteiger partial charge on any atom is -0.325 e. The van der Waals surface area contributed by atoms with Gasteiger partial charge in [-0.2, -0.15) is 0 Å². The molecule has 1 unspecified atom stereocenters. The first-order valence-electron chi connectivity index (χ1n) is 5.11. The maximum atomic E-state index is 11.3. The largest absolute Gasteiger partial charge is 0.325 e. The van der Waals surface area contributed by atoms with Gasteiger partial charge in [0.15, 0.2) is 9.84 Å². The van der Waals surface area contributed by atoms with E-state index in [1.807, 2.05) is 6.92 Å². The number of carbonyl (C=O) groups is 1. The molecule has 5 nitrogen and oxygen atoms in total. The van der Waals surface area contributed by atoms with E-state index in [0.717, 1.165) is 11.8 Å². The second-order valence-corrected chi connectivity index (χ2v) is 6.17. The molecule has 0 saturated carbocycles. The number of carbonyl (C=O) groups excluding carboxylic acids is 1. The maximum Gasteiger partial charge on any atom is 0.239 e. The molecule has 0 aromatic heterocycles. The molecule has 94 valence electrons. The molecule has 0 heterocycles. The van der Waals surface area contributed by atoms with Crippen LogP contribution in [0.2, 0.25) is 0 Å². The predicted octanol–water partition coefficient (Wildman–Crippen LogP) is 0.689. The molecule has 0 bridgehead atoms. The van der Waals surface area contributed by atoms with Gasteiger partial charge in [-0.25, -0.2) is 8.42 Å². The number of rotatable bonds is 4. The monoisotopic (exact) mass is 256 g/mol. The number of benzene rings is 1. The van der Waals surface area contributed by atoms with Crippen molar-refractivity contribution in [3.63, 3.8) is 0 Å². The third kappa shape index (κ3) is 4.97. The van der Waals surface area contributed by atoms with Crippen LogP contribution in [0.25, 0.3) is 0 Å². The van der Waals surface area contributed by atoms with E-state index in [9.17, 15) is 13.2 Å². The number of nitrogens with two attached hydrogens (primary N) is 1. The highest BCUT2D eigenvalue weighted by atomic mass is 32.2. The minimum atomic E-state index is -3.30. The second-order valence-electron chi connectivity index (χ2n) is 4.03. The van der Waals surface area contributed by atoms with E-state index in [-0.39, 0.29) is 6.04 Å². The summed E-state index contributed by atoms with van der Waals surface area (Å²) in [6.45, 7) is 1.86. The van der Waals surface area contributed by atoms with Gasteiger partial charge < -0.3 is 11.1 Å². The van der Waals surface area contributed by atoms with Crippen molar-refractivity contribution in [1.82, 2.24) is 0 Å². The summed E-state index contributed by atoms with van der Waals surface area (Å²) in [5.41, 5.74) is 7.19. The Kier molecular flexibility index (Phi) is 4.25. The molecule has 0 saturated heterocycles. The standard InChI is InChI=1S/C11H16N2O3S/c1-8(12)9-3-5-10(6-4-9)13-11(14)7-17(2,15)16/h3-6,8H,7,12H2,1-2H3,(H,13,14). The average molecular weight is 256 g/mol. The Bertz CT molecular complexity index is 492. The van der Waals surface area contributed by atoms with Crippen molar-refractivity contribution in [2.24, 2.45) is 5.73 Å². The molecular formula is C11H16N2O3S. The lowest BCUT2D eigenvalue weighted by atomic mass is 10.1. The van der Waals surface area contributed by atoms with Gasteiger partial charge in [-0.1, -0.05) is 12.1 Å².